The van der Waals surface area contributed by atoms with Gasteiger partial charge < -0.3 is 14.6 Å². The van der Waals surface area contributed by atoms with Crippen LogP contribution < -0.4 is 9.47 Å². The van der Waals surface area contributed by atoms with Gasteiger partial charge in [-0.05, 0) is 38.4 Å². The minimum absolute atomic E-state index is 0.553. The van der Waals surface area contributed by atoms with Gasteiger partial charge in [0.25, 0.3) is 0 Å². The fourth-order valence-electron chi connectivity index (χ4n) is 2.54. The van der Waals surface area contributed by atoms with Crippen LogP contribution in [0.3, 0.4) is 0 Å². The molecular weight excluding hydrogens is 242 g/mol. The summed E-state index contributed by atoms with van der Waals surface area (Å²) < 4.78 is 11.0. The van der Waals surface area contributed by atoms with Gasteiger partial charge >= 0.3 is 0 Å². The molecule has 1 aromatic rings. The number of piperidine rings is 1. The average Bonchev–Trinajstić information content (AvgIpc) is 2.38. The summed E-state index contributed by atoms with van der Waals surface area (Å²) in [6.45, 7) is 5.10. The Morgan fingerprint density at radius 1 is 1.32 bits per heavy atom. The maximum atomic E-state index is 10.0. The van der Waals surface area contributed by atoms with Crippen LogP contribution in [-0.4, -0.2) is 49.0 Å². The molecule has 1 aromatic carbocycles. The normalized spacial score (nSPS) is 24.2. The Hall–Kier alpha value is -1.26. The molecule has 1 aliphatic rings. The Morgan fingerprint density at radius 2 is 2.05 bits per heavy atom. The summed E-state index contributed by atoms with van der Waals surface area (Å²) in [7, 11) is 1.64. The minimum atomic E-state index is -0.553. The lowest BCUT2D eigenvalue weighted by Gasteiger charge is -2.36. The Balaban J connectivity index is 1.80. The minimum Gasteiger partial charge on any atom is -0.493 e. The maximum Gasteiger partial charge on any atom is 0.161 e. The van der Waals surface area contributed by atoms with Crippen molar-refractivity contribution in [2.45, 2.75) is 25.4 Å². The number of methoxy groups -OCH3 is 1. The zero-order valence-electron chi connectivity index (χ0n) is 11.8. The summed E-state index contributed by atoms with van der Waals surface area (Å²) in [5.74, 6) is 1.53. The van der Waals surface area contributed by atoms with Crippen molar-refractivity contribution in [2.24, 2.45) is 0 Å². The van der Waals surface area contributed by atoms with Gasteiger partial charge in [0.15, 0.2) is 11.5 Å². The zero-order valence-corrected chi connectivity index (χ0v) is 11.8. The smallest absolute Gasteiger partial charge is 0.161 e. The van der Waals surface area contributed by atoms with Gasteiger partial charge in [-0.2, -0.15) is 0 Å². The molecule has 19 heavy (non-hydrogen) atoms. The summed E-state index contributed by atoms with van der Waals surface area (Å²) in [6, 6.07) is 7.66. The Labute approximate surface area is 114 Å². The van der Waals surface area contributed by atoms with Crippen LogP contribution in [0.25, 0.3) is 0 Å². The van der Waals surface area contributed by atoms with Crippen LogP contribution in [0.2, 0.25) is 0 Å². The van der Waals surface area contributed by atoms with E-state index in [2.05, 4.69) is 4.90 Å². The first-order valence-electron chi connectivity index (χ1n) is 6.81. The standard InChI is InChI=1S/C15H23NO3/c1-15(17)8-5-9-16(12-15)10-11-19-14-7-4-3-6-13(14)18-2/h3-4,6-7,17H,5,8-12H2,1-2H3. The maximum absolute atomic E-state index is 10.0. The number of hydrogen-bond acceptors (Lipinski definition) is 4. The molecule has 106 valence electrons. The molecule has 0 spiro atoms. The van der Waals surface area contributed by atoms with Crippen molar-refractivity contribution < 1.29 is 14.6 Å². The molecule has 1 saturated heterocycles. The summed E-state index contributed by atoms with van der Waals surface area (Å²) >= 11 is 0. The molecule has 1 N–H and O–H groups in total. The van der Waals surface area contributed by atoms with Crippen LogP contribution in [0.15, 0.2) is 24.3 Å². The first kappa shape index (κ1) is 14.2. The number of likely N-dealkylation sites (tertiary alicyclic amines) is 1. The van der Waals surface area contributed by atoms with E-state index in [1.165, 1.54) is 0 Å². The highest BCUT2D eigenvalue weighted by atomic mass is 16.5. The van der Waals surface area contributed by atoms with E-state index < -0.39 is 5.60 Å². The highest BCUT2D eigenvalue weighted by Crippen LogP contribution is 2.26. The molecule has 4 nitrogen and oxygen atoms in total. The molecule has 2 rings (SSSR count). The molecular formula is C15H23NO3. The first-order valence-corrected chi connectivity index (χ1v) is 6.81. The number of aliphatic hydroxyl groups is 1. The third-order valence-corrected chi connectivity index (χ3v) is 3.49. The second-order valence-corrected chi connectivity index (χ2v) is 5.38. The Kier molecular flexibility index (Phi) is 4.66. The predicted octanol–water partition coefficient (Wildman–Crippen LogP) is 1.92. The molecule has 0 amide bonds. The van der Waals surface area contributed by atoms with Gasteiger partial charge in [0.1, 0.15) is 6.61 Å². The van der Waals surface area contributed by atoms with Crippen LogP contribution in [0.5, 0.6) is 11.5 Å². The van der Waals surface area contributed by atoms with Gasteiger partial charge in [0, 0.05) is 13.1 Å². The monoisotopic (exact) mass is 265 g/mol. The molecule has 1 unspecified atom stereocenters. The molecule has 0 saturated carbocycles. The second-order valence-electron chi connectivity index (χ2n) is 5.38. The fourth-order valence-corrected chi connectivity index (χ4v) is 2.54. The first-order chi connectivity index (χ1) is 9.11. The van der Waals surface area contributed by atoms with E-state index in [1.54, 1.807) is 7.11 Å². The van der Waals surface area contributed by atoms with Gasteiger partial charge in [-0.25, -0.2) is 0 Å². The SMILES string of the molecule is COc1ccccc1OCCN1CCCC(C)(O)C1. The number of nitrogens with zero attached hydrogens (tertiary/aromatic N) is 1. The van der Waals surface area contributed by atoms with E-state index in [1.807, 2.05) is 31.2 Å². The third-order valence-electron chi connectivity index (χ3n) is 3.49. The Morgan fingerprint density at radius 3 is 2.74 bits per heavy atom. The summed E-state index contributed by atoms with van der Waals surface area (Å²) in [6.07, 6.45) is 1.93. The van der Waals surface area contributed by atoms with Crippen LogP contribution >= 0.6 is 0 Å². The van der Waals surface area contributed by atoms with Crippen LogP contribution in [-0.2, 0) is 0 Å². The molecule has 0 aliphatic carbocycles. The van der Waals surface area contributed by atoms with Crippen molar-refractivity contribution in [3.63, 3.8) is 0 Å². The summed E-state index contributed by atoms with van der Waals surface area (Å²) in [5.41, 5.74) is -0.553. The van der Waals surface area contributed by atoms with Gasteiger partial charge in [-0.3, -0.25) is 4.90 Å². The van der Waals surface area contributed by atoms with Crippen molar-refractivity contribution >= 4 is 0 Å². The third kappa shape index (κ3) is 4.11. The highest BCUT2D eigenvalue weighted by molar-refractivity contribution is 5.39. The number of para-hydroxylation sites is 2. The largest absolute Gasteiger partial charge is 0.493 e. The zero-order chi connectivity index (χ0) is 13.7. The topological polar surface area (TPSA) is 41.9 Å². The van der Waals surface area contributed by atoms with Gasteiger partial charge in [-0.15, -0.1) is 0 Å². The number of ether oxygens (including phenoxy) is 2. The molecule has 4 heteroatoms. The molecule has 0 aromatic heterocycles. The summed E-state index contributed by atoms with van der Waals surface area (Å²) in [4.78, 5) is 2.25. The van der Waals surface area contributed by atoms with Crippen molar-refractivity contribution in [1.29, 1.82) is 0 Å². The molecule has 0 bridgehead atoms. The van der Waals surface area contributed by atoms with Crippen molar-refractivity contribution in [2.75, 3.05) is 33.4 Å². The van der Waals surface area contributed by atoms with Gasteiger partial charge in [-0.1, -0.05) is 12.1 Å². The van der Waals surface area contributed by atoms with E-state index in [0.717, 1.165) is 44.0 Å². The van der Waals surface area contributed by atoms with Gasteiger partial charge in [0.05, 0.1) is 12.7 Å². The number of rotatable bonds is 5. The highest BCUT2D eigenvalue weighted by Gasteiger charge is 2.27. The average molecular weight is 265 g/mol. The van der Waals surface area contributed by atoms with Crippen molar-refractivity contribution in [3.8, 4) is 11.5 Å². The molecule has 1 heterocycles. The van der Waals surface area contributed by atoms with E-state index in [4.69, 9.17) is 9.47 Å². The van der Waals surface area contributed by atoms with Crippen molar-refractivity contribution in [1.82, 2.24) is 4.90 Å². The van der Waals surface area contributed by atoms with E-state index in [-0.39, 0.29) is 0 Å². The Bertz CT molecular complexity index is 406. The molecule has 0 radical (unpaired) electrons. The number of β-amino-alcohol motifs (C(OH)–C–C–N with tert-alkyl or cyclic N) is 1. The quantitative estimate of drug-likeness (QED) is 0.883. The molecule has 1 atom stereocenters. The summed E-state index contributed by atoms with van der Waals surface area (Å²) in [5, 5.41) is 10.0. The van der Waals surface area contributed by atoms with Crippen LogP contribution in [0, 0.1) is 0 Å². The second kappa shape index (κ2) is 6.26. The van der Waals surface area contributed by atoms with Crippen LogP contribution in [0.1, 0.15) is 19.8 Å². The molecule has 1 aliphatic heterocycles. The lowest BCUT2D eigenvalue weighted by Crippen LogP contribution is -2.47. The van der Waals surface area contributed by atoms with E-state index >= 15 is 0 Å². The lowest BCUT2D eigenvalue weighted by atomic mass is 9.95. The van der Waals surface area contributed by atoms with E-state index in [0.29, 0.717) is 6.61 Å². The van der Waals surface area contributed by atoms with E-state index in [9.17, 15) is 5.11 Å². The lowest BCUT2D eigenvalue weighted by molar-refractivity contribution is -0.0184. The van der Waals surface area contributed by atoms with Crippen LogP contribution in [0.4, 0.5) is 0 Å². The number of benzene rings is 1. The fraction of sp³-hybridized carbons (Fsp3) is 0.600. The van der Waals surface area contributed by atoms with Crippen molar-refractivity contribution in [3.05, 3.63) is 24.3 Å². The molecule has 1 fully saturated rings. The predicted molar refractivity (Wildman–Crippen MR) is 74.8 cm³/mol. The number of hydrogen-bond donors (Lipinski definition) is 1. The van der Waals surface area contributed by atoms with Gasteiger partial charge in [0.2, 0.25) is 0 Å².